The maximum absolute atomic E-state index is 13.1. The zero-order valence-corrected chi connectivity index (χ0v) is 13.3. The van der Waals surface area contributed by atoms with Gasteiger partial charge in [0.25, 0.3) is 0 Å². The van der Waals surface area contributed by atoms with E-state index in [-0.39, 0.29) is 17.5 Å². The number of benzene rings is 1. The van der Waals surface area contributed by atoms with Crippen molar-refractivity contribution in [3.63, 3.8) is 0 Å². The van der Waals surface area contributed by atoms with Crippen molar-refractivity contribution in [3.05, 3.63) is 35.9 Å². The molecule has 2 fully saturated rings. The Labute approximate surface area is 131 Å². The lowest BCUT2D eigenvalue weighted by molar-refractivity contribution is -0.154. The Balaban J connectivity index is 2.05. The molecule has 22 heavy (non-hydrogen) atoms. The summed E-state index contributed by atoms with van der Waals surface area (Å²) in [5.74, 6) is -0.201. The standard InChI is InChI=1S/C19H24O3/c1-3-13-9-11-18(2)15(20)10-12-19(18,22)16(13)17(21)14-7-5-4-6-8-14/h4-8,13,16,22H,3,9-12H2,1-2H3. The van der Waals surface area contributed by atoms with Crippen LogP contribution in [-0.2, 0) is 4.79 Å². The van der Waals surface area contributed by atoms with Crippen molar-refractivity contribution in [1.82, 2.24) is 0 Å². The van der Waals surface area contributed by atoms with E-state index in [1.54, 1.807) is 12.1 Å². The van der Waals surface area contributed by atoms with Crippen LogP contribution >= 0.6 is 0 Å². The summed E-state index contributed by atoms with van der Waals surface area (Å²) in [6, 6.07) is 9.19. The molecule has 1 N–H and O–H groups in total. The quantitative estimate of drug-likeness (QED) is 0.870. The fraction of sp³-hybridized carbons (Fsp3) is 0.579. The Hall–Kier alpha value is -1.48. The molecule has 0 amide bonds. The maximum atomic E-state index is 13.1. The van der Waals surface area contributed by atoms with E-state index in [4.69, 9.17) is 0 Å². The zero-order chi connectivity index (χ0) is 16.0. The van der Waals surface area contributed by atoms with E-state index in [9.17, 15) is 14.7 Å². The highest BCUT2D eigenvalue weighted by molar-refractivity contribution is 6.00. The molecule has 4 atom stereocenters. The van der Waals surface area contributed by atoms with E-state index >= 15 is 0 Å². The number of carbonyl (C=O) groups is 2. The molecule has 3 heteroatoms. The minimum absolute atomic E-state index is 0.00410. The van der Waals surface area contributed by atoms with Gasteiger partial charge in [0.2, 0.25) is 0 Å². The second kappa shape index (κ2) is 5.31. The summed E-state index contributed by atoms with van der Waals surface area (Å²) in [4.78, 5) is 25.5. The van der Waals surface area contributed by atoms with Gasteiger partial charge >= 0.3 is 0 Å². The van der Waals surface area contributed by atoms with Crippen LogP contribution in [0.1, 0.15) is 56.3 Å². The molecule has 3 rings (SSSR count). The largest absolute Gasteiger partial charge is 0.388 e. The summed E-state index contributed by atoms with van der Waals surface area (Å²) < 4.78 is 0. The molecule has 3 nitrogen and oxygen atoms in total. The lowest BCUT2D eigenvalue weighted by Crippen LogP contribution is -2.58. The van der Waals surface area contributed by atoms with Gasteiger partial charge in [-0.05, 0) is 32.1 Å². The second-order valence-corrected chi connectivity index (χ2v) is 7.09. The molecule has 1 aromatic rings. The number of rotatable bonds is 3. The first-order chi connectivity index (χ1) is 10.4. The molecule has 0 saturated heterocycles. The molecule has 2 aliphatic carbocycles. The molecular weight excluding hydrogens is 276 g/mol. The van der Waals surface area contributed by atoms with Gasteiger partial charge in [-0.3, -0.25) is 9.59 Å². The second-order valence-electron chi connectivity index (χ2n) is 7.09. The summed E-state index contributed by atoms with van der Waals surface area (Å²) in [6.45, 7) is 3.93. The summed E-state index contributed by atoms with van der Waals surface area (Å²) >= 11 is 0. The summed E-state index contributed by atoms with van der Waals surface area (Å²) in [5.41, 5.74) is -1.30. The molecule has 0 radical (unpaired) electrons. The first-order valence-electron chi connectivity index (χ1n) is 8.29. The van der Waals surface area contributed by atoms with Crippen LogP contribution in [0.5, 0.6) is 0 Å². The molecule has 0 aliphatic heterocycles. The third-order valence-electron chi connectivity index (χ3n) is 6.17. The van der Waals surface area contributed by atoms with Crippen LogP contribution in [-0.4, -0.2) is 22.3 Å². The van der Waals surface area contributed by atoms with Gasteiger partial charge in [0.15, 0.2) is 5.78 Å². The highest BCUT2D eigenvalue weighted by Crippen LogP contribution is 2.58. The van der Waals surface area contributed by atoms with E-state index in [1.807, 2.05) is 25.1 Å². The van der Waals surface area contributed by atoms with Gasteiger partial charge in [-0.2, -0.15) is 0 Å². The van der Waals surface area contributed by atoms with Crippen molar-refractivity contribution < 1.29 is 14.7 Å². The fourth-order valence-corrected chi connectivity index (χ4v) is 4.64. The topological polar surface area (TPSA) is 54.4 Å². The van der Waals surface area contributed by atoms with E-state index in [0.29, 0.717) is 24.8 Å². The van der Waals surface area contributed by atoms with Crippen LogP contribution in [0.3, 0.4) is 0 Å². The minimum atomic E-state index is -1.18. The van der Waals surface area contributed by atoms with E-state index < -0.39 is 16.9 Å². The molecule has 0 aromatic heterocycles. The fourth-order valence-electron chi connectivity index (χ4n) is 4.64. The summed E-state index contributed by atoms with van der Waals surface area (Å²) in [5, 5.41) is 11.4. The monoisotopic (exact) mass is 300 g/mol. The molecule has 0 bridgehead atoms. The van der Waals surface area contributed by atoms with Gasteiger partial charge in [0.1, 0.15) is 5.78 Å². The summed E-state index contributed by atoms with van der Waals surface area (Å²) in [7, 11) is 0. The Morgan fingerprint density at radius 1 is 1.27 bits per heavy atom. The van der Waals surface area contributed by atoms with Crippen molar-refractivity contribution in [2.45, 2.75) is 51.6 Å². The Kier molecular flexibility index (Phi) is 3.72. The third-order valence-corrected chi connectivity index (χ3v) is 6.17. The molecule has 118 valence electrons. The van der Waals surface area contributed by atoms with Gasteiger partial charge in [-0.1, -0.05) is 43.7 Å². The van der Waals surface area contributed by atoms with Gasteiger partial charge in [-0.15, -0.1) is 0 Å². The average molecular weight is 300 g/mol. The van der Waals surface area contributed by atoms with Gasteiger partial charge < -0.3 is 5.11 Å². The number of ketones is 2. The molecule has 2 aliphatic rings. The first kappa shape index (κ1) is 15.4. The van der Waals surface area contributed by atoms with Gasteiger partial charge in [-0.25, -0.2) is 0 Å². The number of fused-ring (bicyclic) bond motifs is 1. The zero-order valence-electron chi connectivity index (χ0n) is 13.3. The molecule has 2 saturated carbocycles. The number of Topliss-reactive ketones (excluding diaryl/α,β-unsaturated/α-hetero) is 2. The third kappa shape index (κ3) is 1.98. The van der Waals surface area contributed by atoms with Crippen molar-refractivity contribution in [3.8, 4) is 0 Å². The Bertz CT molecular complexity index is 594. The number of aliphatic hydroxyl groups is 1. The van der Waals surface area contributed by atoms with Crippen LogP contribution in [0.4, 0.5) is 0 Å². The smallest absolute Gasteiger partial charge is 0.169 e. The van der Waals surface area contributed by atoms with Gasteiger partial charge in [0.05, 0.1) is 16.9 Å². The van der Waals surface area contributed by atoms with Gasteiger partial charge in [0, 0.05) is 12.0 Å². The lowest BCUT2D eigenvalue weighted by atomic mass is 9.55. The average Bonchev–Trinajstić information content (AvgIpc) is 2.78. The molecular formula is C19H24O3. The van der Waals surface area contributed by atoms with Crippen LogP contribution < -0.4 is 0 Å². The lowest BCUT2D eigenvalue weighted by Gasteiger charge is -2.50. The predicted molar refractivity (Wildman–Crippen MR) is 84.6 cm³/mol. The number of hydrogen-bond acceptors (Lipinski definition) is 3. The van der Waals surface area contributed by atoms with Crippen molar-refractivity contribution in [1.29, 1.82) is 0 Å². The molecule has 0 spiro atoms. The SMILES string of the molecule is CCC1CCC2(C)C(=O)CCC2(O)C1C(=O)c1ccccc1. The molecule has 4 unspecified atom stereocenters. The minimum Gasteiger partial charge on any atom is -0.388 e. The predicted octanol–water partition coefficient (Wildman–Crippen LogP) is 3.41. The highest BCUT2D eigenvalue weighted by Gasteiger charge is 2.65. The van der Waals surface area contributed by atoms with E-state index in [0.717, 1.165) is 12.8 Å². The maximum Gasteiger partial charge on any atom is 0.169 e. The van der Waals surface area contributed by atoms with Crippen LogP contribution in [0.15, 0.2) is 30.3 Å². The van der Waals surface area contributed by atoms with Crippen LogP contribution in [0.25, 0.3) is 0 Å². The van der Waals surface area contributed by atoms with Crippen molar-refractivity contribution in [2.24, 2.45) is 17.3 Å². The van der Waals surface area contributed by atoms with Crippen LogP contribution in [0.2, 0.25) is 0 Å². The molecule has 1 aromatic carbocycles. The Morgan fingerprint density at radius 2 is 1.95 bits per heavy atom. The van der Waals surface area contributed by atoms with Crippen LogP contribution in [0, 0.1) is 17.3 Å². The summed E-state index contributed by atoms with van der Waals surface area (Å²) in [6.07, 6.45) is 3.20. The highest BCUT2D eigenvalue weighted by atomic mass is 16.3. The normalized spacial score (nSPS) is 37.9. The number of carbonyl (C=O) groups excluding carboxylic acids is 2. The Morgan fingerprint density at radius 3 is 2.59 bits per heavy atom. The van der Waals surface area contributed by atoms with E-state index in [2.05, 4.69) is 6.92 Å². The number of hydrogen-bond donors (Lipinski definition) is 1. The molecule has 0 heterocycles. The van der Waals surface area contributed by atoms with E-state index in [1.165, 1.54) is 0 Å². The van der Waals surface area contributed by atoms with Crippen molar-refractivity contribution >= 4 is 11.6 Å². The van der Waals surface area contributed by atoms with Crippen molar-refractivity contribution in [2.75, 3.05) is 0 Å². The first-order valence-corrected chi connectivity index (χ1v) is 8.29.